The van der Waals surface area contributed by atoms with Gasteiger partial charge < -0.3 is 0 Å². The van der Waals surface area contributed by atoms with Crippen molar-refractivity contribution in [2.45, 2.75) is 23.8 Å². The number of halogens is 2. The Morgan fingerprint density at radius 2 is 1.81 bits per heavy atom. The molecule has 1 saturated carbocycles. The van der Waals surface area contributed by atoms with Crippen LogP contribution < -0.4 is 4.72 Å². The molecule has 1 aromatic heterocycles. The molecule has 0 spiro atoms. The fourth-order valence-electron chi connectivity index (χ4n) is 2.54. The normalized spacial score (nSPS) is 14.4. The second-order valence-corrected chi connectivity index (χ2v) is 7.59. The third-order valence-electron chi connectivity index (χ3n) is 3.96. The highest BCUT2D eigenvalue weighted by atomic mass is 32.2. The number of nitrogens with zero attached hydrogens (tertiary/aromatic N) is 4. The summed E-state index contributed by atoms with van der Waals surface area (Å²) in [5.74, 6) is -1.40. The summed E-state index contributed by atoms with van der Waals surface area (Å²) in [6.07, 6.45) is 2.05. The first-order chi connectivity index (χ1) is 12.4. The van der Waals surface area contributed by atoms with E-state index in [4.69, 9.17) is 0 Å². The standard InChI is InChI=1S/C16H13F2N5O2S/c17-11-3-8-15(14(18)9-11)26(24,25)20-12-4-1-10(2-5-12)16-19-21-22-23(16)13-6-7-13/h1-5,8-9,13,20H,6-7H2. The molecule has 0 aliphatic heterocycles. The summed E-state index contributed by atoms with van der Waals surface area (Å²) in [5, 5.41) is 11.6. The maximum absolute atomic E-state index is 13.7. The molecule has 1 aliphatic carbocycles. The van der Waals surface area contributed by atoms with Crippen molar-refractivity contribution in [1.29, 1.82) is 0 Å². The van der Waals surface area contributed by atoms with Gasteiger partial charge in [0.05, 0.1) is 6.04 Å². The summed E-state index contributed by atoms with van der Waals surface area (Å²) in [7, 11) is -4.18. The largest absolute Gasteiger partial charge is 0.280 e. The van der Waals surface area contributed by atoms with E-state index in [9.17, 15) is 17.2 Å². The molecule has 134 valence electrons. The molecule has 0 radical (unpaired) electrons. The van der Waals surface area contributed by atoms with Crippen molar-refractivity contribution in [3.8, 4) is 11.4 Å². The third kappa shape index (κ3) is 3.15. The fraction of sp³-hybridized carbons (Fsp3) is 0.188. The van der Waals surface area contributed by atoms with Gasteiger partial charge in [-0.15, -0.1) is 5.10 Å². The third-order valence-corrected chi connectivity index (χ3v) is 5.38. The van der Waals surface area contributed by atoms with Crippen LogP contribution in [0.3, 0.4) is 0 Å². The van der Waals surface area contributed by atoms with E-state index in [1.807, 2.05) is 0 Å². The number of hydrogen-bond acceptors (Lipinski definition) is 5. The molecular formula is C16H13F2N5O2S. The van der Waals surface area contributed by atoms with Crippen molar-refractivity contribution in [3.63, 3.8) is 0 Å². The van der Waals surface area contributed by atoms with E-state index in [1.165, 1.54) is 12.1 Å². The molecule has 0 atom stereocenters. The molecule has 1 fully saturated rings. The summed E-state index contributed by atoms with van der Waals surface area (Å²) < 4.78 is 55.3. The topological polar surface area (TPSA) is 89.8 Å². The number of hydrogen-bond donors (Lipinski definition) is 1. The summed E-state index contributed by atoms with van der Waals surface area (Å²) in [6.45, 7) is 0. The summed E-state index contributed by atoms with van der Waals surface area (Å²) >= 11 is 0. The molecule has 3 aromatic rings. The quantitative estimate of drug-likeness (QED) is 0.738. The van der Waals surface area contributed by atoms with Crippen LogP contribution in [-0.4, -0.2) is 28.6 Å². The van der Waals surface area contributed by atoms with E-state index < -0.39 is 26.6 Å². The van der Waals surface area contributed by atoms with E-state index in [-0.39, 0.29) is 5.69 Å². The molecule has 1 aliphatic rings. The monoisotopic (exact) mass is 377 g/mol. The summed E-state index contributed by atoms with van der Waals surface area (Å²) in [6, 6.07) is 8.99. The molecule has 0 unspecified atom stereocenters. The Labute approximate surface area is 147 Å². The van der Waals surface area contributed by atoms with E-state index in [0.717, 1.165) is 30.5 Å². The Morgan fingerprint density at radius 1 is 1.08 bits per heavy atom. The van der Waals surface area contributed by atoms with Crippen molar-refractivity contribution in [2.75, 3.05) is 4.72 Å². The Kier molecular flexibility index (Phi) is 3.91. The maximum Gasteiger partial charge on any atom is 0.264 e. The zero-order valence-electron chi connectivity index (χ0n) is 13.3. The first kappa shape index (κ1) is 16.6. The van der Waals surface area contributed by atoms with E-state index >= 15 is 0 Å². The highest BCUT2D eigenvalue weighted by molar-refractivity contribution is 7.92. The minimum atomic E-state index is -4.18. The van der Waals surface area contributed by atoms with Crippen molar-refractivity contribution in [1.82, 2.24) is 20.2 Å². The number of sulfonamides is 1. The van der Waals surface area contributed by atoms with Crippen LogP contribution in [0.15, 0.2) is 47.4 Å². The van der Waals surface area contributed by atoms with Crippen LogP contribution in [-0.2, 0) is 10.0 Å². The predicted octanol–water partition coefficient (Wildman–Crippen LogP) is 2.75. The predicted molar refractivity (Wildman–Crippen MR) is 88.7 cm³/mol. The van der Waals surface area contributed by atoms with Crippen molar-refractivity contribution < 1.29 is 17.2 Å². The molecule has 26 heavy (non-hydrogen) atoms. The van der Waals surface area contributed by atoms with Crippen LogP contribution in [0.1, 0.15) is 18.9 Å². The van der Waals surface area contributed by atoms with E-state index in [1.54, 1.807) is 16.8 Å². The van der Waals surface area contributed by atoms with Crippen molar-refractivity contribution in [2.24, 2.45) is 0 Å². The Balaban J connectivity index is 1.58. The second kappa shape index (κ2) is 6.13. The highest BCUT2D eigenvalue weighted by Gasteiger charge is 2.28. The molecule has 10 heteroatoms. The smallest absolute Gasteiger partial charge is 0.264 e. The van der Waals surface area contributed by atoms with Gasteiger partial charge >= 0.3 is 0 Å². The minimum absolute atomic E-state index is 0.239. The molecule has 1 N–H and O–H groups in total. The molecule has 0 bridgehead atoms. The Hall–Kier alpha value is -2.88. The molecule has 4 rings (SSSR count). The average molecular weight is 377 g/mol. The van der Waals surface area contributed by atoms with Gasteiger partial charge in [-0.2, -0.15) is 0 Å². The van der Waals surface area contributed by atoms with Gasteiger partial charge in [0.2, 0.25) is 0 Å². The van der Waals surface area contributed by atoms with Crippen LogP contribution in [0, 0.1) is 11.6 Å². The lowest BCUT2D eigenvalue weighted by atomic mass is 10.2. The molecule has 0 amide bonds. The van der Waals surface area contributed by atoms with Crippen LogP contribution in [0.25, 0.3) is 11.4 Å². The zero-order chi connectivity index (χ0) is 18.3. The number of nitrogens with one attached hydrogen (secondary N) is 1. The van der Waals surface area contributed by atoms with Crippen LogP contribution in [0.4, 0.5) is 14.5 Å². The number of anilines is 1. The van der Waals surface area contributed by atoms with Gasteiger partial charge in [-0.1, -0.05) is 0 Å². The minimum Gasteiger partial charge on any atom is -0.280 e. The van der Waals surface area contributed by atoms with Gasteiger partial charge in [0.25, 0.3) is 10.0 Å². The van der Waals surface area contributed by atoms with Crippen LogP contribution >= 0.6 is 0 Å². The van der Waals surface area contributed by atoms with E-state index in [2.05, 4.69) is 20.2 Å². The molecular weight excluding hydrogens is 364 g/mol. The molecule has 7 nitrogen and oxygen atoms in total. The molecule has 1 heterocycles. The number of rotatable bonds is 5. The lowest BCUT2D eigenvalue weighted by molar-refractivity contribution is 0.551. The number of benzene rings is 2. The lowest BCUT2D eigenvalue weighted by Gasteiger charge is -2.09. The molecule has 0 saturated heterocycles. The summed E-state index contributed by atoms with van der Waals surface area (Å²) in [4.78, 5) is -0.624. The summed E-state index contributed by atoms with van der Waals surface area (Å²) in [5.41, 5.74) is 0.973. The molecule has 2 aromatic carbocycles. The van der Waals surface area contributed by atoms with E-state index in [0.29, 0.717) is 17.9 Å². The fourth-order valence-corrected chi connectivity index (χ4v) is 3.66. The van der Waals surface area contributed by atoms with Gasteiger partial charge in [-0.3, -0.25) is 4.72 Å². The van der Waals surface area contributed by atoms with Crippen LogP contribution in [0.2, 0.25) is 0 Å². The SMILES string of the molecule is O=S(=O)(Nc1ccc(-c2nnnn2C2CC2)cc1)c1ccc(F)cc1F. The first-order valence-corrected chi connectivity index (χ1v) is 9.28. The zero-order valence-corrected chi connectivity index (χ0v) is 14.1. The van der Waals surface area contributed by atoms with Crippen molar-refractivity contribution in [3.05, 3.63) is 54.1 Å². The van der Waals surface area contributed by atoms with Crippen LogP contribution in [0.5, 0.6) is 0 Å². The second-order valence-electron chi connectivity index (χ2n) is 5.94. The van der Waals surface area contributed by atoms with Gasteiger partial charge in [-0.25, -0.2) is 21.9 Å². The Morgan fingerprint density at radius 3 is 2.46 bits per heavy atom. The van der Waals surface area contributed by atoms with Crippen molar-refractivity contribution >= 4 is 15.7 Å². The Bertz CT molecular complexity index is 1060. The maximum atomic E-state index is 13.7. The highest BCUT2D eigenvalue weighted by Crippen LogP contribution is 2.36. The number of tetrazole rings is 1. The first-order valence-electron chi connectivity index (χ1n) is 7.80. The van der Waals surface area contributed by atoms with Gasteiger partial charge in [0, 0.05) is 17.3 Å². The number of aromatic nitrogens is 4. The van der Waals surface area contributed by atoms with Gasteiger partial charge in [0.1, 0.15) is 16.5 Å². The van der Waals surface area contributed by atoms with Gasteiger partial charge in [-0.05, 0) is 59.7 Å². The average Bonchev–Trinajstić information content (AvgIpc) is 3.32. The van der Waals surface area contributed by atoms with Gasteiger partial charge in [0.15, 0.2) is 5.82 Å². The lowest BCUT2D eigenvalue weighted by Crippen LogP contribution is -2.14.